The molecule has 4 heteroatoms. The second-order valence-electron chi connectivity index (χ2n) is 4.56. The molecule has 0 bridgehead atoms. The summed E-state index contributed by atoms with van der Waals surface area (Å²) in [5, 5.41) is 12.1. The van der Waals surface area contributed by atoms with E-state index in [-0.39, 0.29) is 5.54 Å². The monoisotopic (exact) mass is 192 g/mol. The molecule has 1 N–H and O–H groups in total. The molecule has 1 fully saturated rings. The lowest BCUT2D eigenvalue weighted by atomic mass is 9.99. The average Bonchev–Trinajstić information content (AvgIpc) is 2.76. The van der Waals surface area contributed by atoms with Crippen LogP contribution < -0.4 is 5.32 Å². The van der Waals surface area contributed by atoms with Gasteiger partial charge in [0.15, 0.2) is 5.82 Å². The van der Waals surface area contributed by atoms with Crippen LogP contribution in [0.5, 0.6) is 0 Å². The van der Waals surface area contributed by atoms with Crippen LogP contribution in [0.15, 0.2) is 0 Å². The fourth-order valence-corrected chi connectivity index (χ4v) is 2.64. The average molecular weight is 192 g/mol. The van der Waals surface area contributed by atoms with Crippen LogP contribution in [0, 0.1) is 0 Å². The van der Waals surface area contributed by atoms with Gasteiger partial charge in [-0.1, -0.05) is 0 Å². The minimum atomic E-state index is 0.0790. The molecule has 1 atom stereocenters. The number of aromatic nitrogens is 3. The van der Waals surface area contributed by atoms with E-state index in [0.717, 1.165) is 25.3 Å². The fourth-order valence-electron chi connectivity index (χ4n) is 2.64. The van der Waals surface area contributed by atoms with Crippen LogP contribution in [0.1, 0.15) is 37.8 Å². The summed E-state index contributed by atoms with van der Waals surface area (Å²) in [6.07, 6.45) is 4.76. The second kappa shape index (κ2) is 2.79. The molecular formula is C10H16N4. The number of hydrogen-bond acceptors (Lipinski definition) is 3. The van der Waals surface area contributed by atoms with E-state index in [4.69, 9.17) is 0 Å². The van der Waals surface area contributed by atoms with Gasteiger partial charge < -0.3 is 9.88 Å². The number of hydrogen-bond donors (Lipinski definition) is 1. The van der Waals surface area contributed by atoms with Gasteiger partial charge in [0.05, 0.1) is 5.54 Å². The van der Waals surface area contributed by atoms with Crippen LogP contribution in [0.3, 0.4) is 0 Å². The Morgan fingerprint density at radius 3 is 3.07 bits per heavy atom. The molecule has 0 radical (unpaired) electrons. The zero-order valence-corrected chi connectivity index (χ0v) is 8.58. The summed E-state index contributed by atoms with van der Waals surface area (Å²) < 4.78 is 2.30. The molecule has 2 aliphatic heterocycles. The molecule has 76 valence electrons. The van der Waals surface area contributed by atoms with Crippen LogP contribution in [-0.4, -0.2) is 21.3 Å². The van der Waals surface area contributed by atoms with Gasteiger partial charge in [-0.25, -0.2) is 0 Å². The van der Waals surface area contributed by atoms with E-state index in [1.807, 2.05) is 0 Å². The first-order valence-electron chi connectivity index (χ1n) is 5.47. The van der Waals surface area contributed by atoms with Crippen molar-refractivity contribution >= 4 is 0 Å². The highest BCUT2D eigenvalue weighted by Crippen LogP contribution is 2.30. The maximum Gasteiger partial charge on any atom is 0.153 e. The van der Waals surface area contributed by atoms with E-state index < -0.39 is 0 Å². The third-order valence-electron chi connectivity index (χ3n) is 3.47. The van der Waals surface area contributed by atoms with Crippen molar-refractivity contribution < 1.29 is 0 Å². The molecule has 3 rings (SSSR count). The molecule has 3 heterocycles. The molecule has 0 spiro atoms. The number of aryl methyl sites for hydroxylation is 1. The van der Waals surface area contributed by atoms with Crippen molar-refractivity contribution in [2.45, 2.75) is 44.7 Å². The SMILES string of the molecule is CC1(c2nnc3n2CCC3)CCCN1. The molecule has 2 aliphatic rings. The quantitative estimate of drug-likeness (QED) is 0.716. The summed E-state index contributed by atoms with van der Waals surface area (Å²) in [6.45, 7) is 4.46. The summed E-state index contributed by atoms with van der Waals surface area (Å²) in [5.41, 5.74) is 0.0790. The summed E-state index contributed by atoms with van der Waals surface area (Å²) in [7, 11) is 0. The highest BCUT2D eigenvalue weighted by Gasteiger charge is 2.36. The molecule has 1 unspecified atom stereocenters. The van der Waals surface area contributed by atoms with Gasteiger partial charge in [0.25, 0.3) is 0 Å². The topological polar surface area (TPSA) is 42.7 Å². The molecule has 0 saturated carbocycles. The molecule has 4 nitrogen and oxygen atoms in total. The molecule has 0 aliphatic carbocycles. The van der Waals surface area contributed by atoms with Gasteiger partial charge in [-0.15, -0.1) is 10.2 Å². The molecule has 0 aromatic carbocycles. The molecule has 0 amide bonds. The minimum absolute atomic E-state index is 0.0790. The van der Waals surface area contributed by atoms with E-state index >= 15 is 0 Å². The number of nitrogens with zero attached hydrogens (tertiary/aromatic N) is 3. The second-order valence-corrected chi connectivity index (χ2v) is 4.56. The minimum Gasteiger partial charge on any atom is -0.313 e. The summed E-state index contributed by atoms with van der Waals surface area (Å²) in [5.74, 6) is 2.33. The van der Waals surface area contributed by atoms with E-state index in [1.54, 1.807) is 0 Å². The predicted molar refractivity (Wildman–Crippen MR) is 52.9 cm³/mol. The van der Waals surface area contributed by atoms with Crippen LogP contribution in [0.4, 0.5) is 0 Å². The Labute approximate surface area is 83.7 Å². The lowest BCUT2D eigenvalue weighted by molar-refractivity contribution is 0.387. The number of nitrogens with one attached hydrogen (secondary N) is 1. The standard InChI is InChI=1S/C10H16N4/c1-10(5-3-6-11-10)9-13-12-8-4-2-7-14(8)9/h11H,2-7H2,1H3. The van der Waals surface area contributed by atoms with Crippen LogP contribution in [-0.2, 0) is 18.5 Å². The number of rotatable bonds is 1. The largest absolute Gasteiger partial charge is 0.313 e. The number of fused-ring (bicyclic) bond motifs is 1. The van der Waals surface area contributed by atoms with E-state index in [9.17, 15) is 0 Å². The van der Waals surface area contributed by atoms with Crippen molar-refractivity contribution in [3.8, 4) is 0 Å². The van der Waals surface area contributed by atoms with Crippen LogP contribution >= 0.6 is 0 Å². The highest BCUT2D eigenvalue weighted by molar-refractivity contribution is 5.12. The lowest BCUT2D eigenvalue weighted by Crippen LogP contribution is -2.36. The third kappa shape index (κ3) is 1.03. The normalized spacial score (nSPS) is 30.9. The first-order chi connectivity index (χ1) is 6.80. The van der Waals surface area contributed by atoms with E-state index in [1.165, 1.54) is 25.1 Å². The Morgan fingerprint density at radius 1 is 1.36 bits per heavy atom. The first-order valence-corrected chi connectivity index (χ1v) is 5.47. The lowest BCUT2D eigenvalue weighted by Gasteiger charge is -2.23. The smallest absolute Gasteiger partial charge is 0.153 e. The third-order valence-corrected chi connectivity index (χ3v) is 3.47. The molecular weight excluding hydrogens is 176 g/mol. The first kappa shape index (κ1) is 8.41. The van der Waals surface area contributed by atoms with Crippen LogP contribution in [0.2, 0.25) is 0 Å². The Balaban J connectivity index is 2.03. The van der Waals surface area contributed by atoms with Gasteiger partial charge in [0.2, 0.25) is 0 Å². The summed E-state index contributed by atoms with van der Waals surface area (Å²) in [6, 6.07) is 0. The van der Waals surface area contributed by atoms with Crippen molar-refractivity contribution in [3.63, 3.8) is 0 Å². The van der Waals surface area contributed by atoms with Gasteiger partial charge in [-0.2, -0.15) is 0 Å². The van der Waals surface area contributed by atoms with Crippen molar-refractivity contribution in [2.24, 2.45) is 0 Å². The van der Waals surface area contributed by atoms with Crippen molar-refractivity contribution in [1.82, 2.24) is 20.1 Å². The van der Waals surface area contributed by atoms with Gasteiger partial charge >= 0.3 is 0 Å². The van der Waals surface area contributed by atoms with E-state index in [2.05, 4.69) is 27.0 Å². The van der Waals surface area contributed by atoms with Crippen molar-refractivity contribution in [3.05, 3.63) is 11.6 Å². The Morgan fingerprint density at radius 2 is 2.29 bits per heavy atom. The molecule has 1 aromatic heterocycles. The van der Waals surface area contributed by atoms with Crippen molar-refractivity contribution in [1.29, 1.82) is 0 Å². The highest BCUT2D eigenvalue weighted by atomic mass is 15.3. The molecule has 1 aromatic rings. The van der Waals surface area contributed by atoms with Gasteiger partial charge in [-0.3, -0.25) is 0 Å². The van der Waals surface area contributed by atoms with Gasteiger partial charge in [0.1, 0.15) is 5.82 Å². The van der Waals surface area contributed by atoms with Gasteiger partial charge in [-0.05, 0) is 32.7 Å². The summed E-state index contributed by atoms with van der Waals surface area (Å²) in [4.78, 5) is 0. The molecule has 1 saturated heterocycles. The Hall–Kier alpha value is -0.900. The Kier molecular flexibility index (Phi) is 1.68. The maximum atomic E-state index is 4.34. The Bertz CT molecular complexity index is 349. The summed E-state index contributed by atoms with van der Waals surface area (Å²) >= 11 is 0. The maximum absolute atomic E-state index is 4.34. The van der Waals surface area contributed by atoms with Gasteiger partial charge in [0, 0.05) is 13.0 Å². The zero-order valence-electron chi connectivity index (χ0n) is 8.58. The fraction of sp³-hybridized carbons (Fsp3) is 0.800. The van der Waals surface area contributed by atoms with Crippen molar-refractivity contribution in [2.75, 3.05) is 6.54 Å². The molecule has 14 heavy (non-hydrogen) atoms. The predicted octanol–water partition coefficient (Wildman–Crippen LogP) is 0.823. The zero-order chi connectivity index (χ0) is 9.60. The van der Waals surface area contributed by atoms with E-state index in [0.29, 0.717) is 0 Å². The van der Waals surface area contributed by atoms with Crippen LogP contribution in [0.25, 0.3) is 0 Å².